The Balaban J connectivity index is 1.97. The van der Waals surface area contributed by atoms with Gasteiger partial charge in [0, 0.05) is 32.2 Å². The minimum absolute atomic E-state index is 0.482. The number of nitrogens with zero attached hydrogens (tertiary/aromatic N) is 4. The first-order chi connectivity index (χ1) is 7.79. The van der Waals surface area contributed by atoms with Gasteiger partial charge in [-0.1, -0.05) is 17.5 Å². The van der Waals surface area contributed by atoms with Crippen molar-refractivity contribution >= 4 is 17.4 Å². The van der Waals surface area contributed by atoms with Crippen molar-refractivity contribution < 1.29 is 0 Å². The Labute approximate surface area is 100 Å². The summed E-state index contributed by atoms with van der Waals surface area (Å²) < 4.78 is 0. The third-order valence-corrected chi connectivity index (χ3v) is 2.84. The highest BCUT2D eigenvalue weighted by Crippen LogP contribution is 2.15. The van der Waals surface area contributed by atoms with Crippen LogP contribution in [0.1, 0.15) is 0 Å². The van der Waals surface area contributed by atoms with Gasteiger partial charge in [0.05, 0.1) is 6.54 Å². The van der Waals surface area contributed by atoms with Gasteiger partial charge < -0.3 is 4.90 Å². The fraction of sp³-hybridized carbons (Fsp3) is 0.455. The number of terminal acetylenes is 1. The second-order valence-electron chi connectivity index (χ2n) is 3.67. The lowest BCUT2D eigenvalue weighted by Crippen LogP contribution is -2.46. The first kappa shape index (κ1) is 11.2. The van der Waals surface area contributed by atoms with Gasteiger partial charge in [-0.3, -0.25) is 4.90 Å². The van der Waals surface area contributed by atoms with Crippen LogP contribution in [0.15, 0.2) is 12.4 Å². The first-order valence-corrected chi connectivity index (χ1v) is 5.55. The maximum absolute atomic E-state index is 5.83. The molecule has 0 saturated carbocycles. The van der Waals surface area contributed by atoms with Crippen LogP contribution in [0.25, 0.3) is 0 Å². The second kappa shape index (κ2) is 5.15. The van der Waals surface area contributed by atoms with Crippen molar-refractivity contribution in [1.82, 2.24) is 14.9 Å². The fourth-order valence-corrected chi connectivity index (χ4v) is 1.90. The van der Waals surface area contributed by atoms with Gasteiger partial charge in [-0.15, -0.1) is 6.42 Å². The largest absolute Gasteiger partial charge is 0.354 e. The maximum atomic E-state index is 5.83. The summed E-state index contributed by atoms with van der Waals surface area (Å²) in [7, 11) is 0. The Bertz CT molecular complexity index is 393. The van der Waals surface area contributed by atoms with E-state index in [1.54, 1.807) is 6.07 Å². The smallest absolute Gasteiger partial charge is 0.134 e. The number of anilines is 1. The predicted octanol–water partition coefficient (Wildman–Crippen LogP) is 0.885. The Morgan fingerprint density at radius 3 is 2.69 bits per heavy atom. The summed E-state index contributed by atoms with van der Waals surface area (Å²) in [4.78, 5) is 12.5. The quantitative estimate of drug-likeness (QED) is 0.564. The van der Waals surface area contributed by atoms with E-state index in [9.17, 15) is 0 Å². The lowest BCUT2D eigenvalue weighted by atomic mass is 10.3. The molecule has 0 aromatic carbocycles. The molecule has 0 amide bonds. The first-order valence-electron chi connectivity index (χ1n) is 5.18. The lowest BCUT2D eigenvalue weighted by Gasteiger charge is -2.34. The van der Waals surface area contributed by atoms with Crippen molar-refractivity contribution in [2.45, 2.75) is 0 Å². The molecule has 2 heterocycles. The summed E-state index contributed by atoms with van der Waals surface area (Å²) >= 11 is 5.83. The molecular formula is C11H13ClN4. The van der Waals surface area contributed by atoms with Crippen molar-refractivity contribution in [2.75, 3.05) is 37.6 Å². The second-order valence-corrected chi connectivity index (χ2v) is 4.05. The van der Waals surface area contributed by atoms with Gasteiger partial charge in [0.25, 0.3) is 0 Å². The summed E-state index contributed by atoms with van der Waals surface area (Å²) in [6, 6.07) is 1.79. The molecule has 1 aliphatic rings. The van der Waals surface area contributed by atoms with Gasteiger partial charge in [-0.25, -0.2) is 9.97 Å². The van der Waals surface area contributed by atoms with Crippen molar-refractivity contribution in [1.29, 1.82) is 0 Å². The number of halogens is 1. The maximum Gasteiger partial charge on any atom is 0.134 e. The number of aromatic nitrogens is 2. The van der Waals surface area contributed by atoms with Crippen molar-refractivity contribution in [2.24, 2.45) is 0 Å². The minimum atomic E-state index is 0.482. The molecule has 0 bridgehead atoms. The van der Waals surface area contributed by atoms with Crippen LogP contribution in [0.4, 0.5) is 5.82 Å². The van der Waals surface area contributed by atoms with Crippen LogP contribution in [-0.2, 0) is 0 Å². The van der Waals surface area contributed by atoms with Gasteiger partial charge in [0.2, 0.25) is 0 Å². The average molecular weight is 237 g/mol. The summed E-state index contributed by atoms with van der Waals surface area (Å²) in [5, 5.41) is 0.482. The van der Waals surface area contributed by atoms with Gasteiger partial charge in [0.1, 0.15) is 17.3 Å². The Kier molecular flexibility index (Phi) is 3.60. The molecule has 0 unspecified atom stereocenters. The standard InChI is InChI=1S/C11H13ClN4/c1-2-3-15-4-6-16(7-5-15)11-8-10(12)13-9-14-11/h1,8-9H,3-7H2. The summed E-state index contributed by atoms with van der Waals surface area (Å²) in [5.74, 6) is 3.55. The van der Waals surface area contributed by atoms with Gasteiger partial charge in [0.15, 0.2) is 0 Å². The Morgan fingerprint density at radius 1 is 1.31 bits per heavy atom. The minimum Gasteiger partial charge on any atom is -0.354 e. The van der Waals surface area contributed by atoms with Crippen molar-refractivity contribution in [3.05, 3.63) is 17.5 Å². The normalized spacial score (nSPS) is 17.1. The zero-order valence-corrected chi connectivity index (χ0v) is 9.69. The number of hydrogen-bond acceptors (Lipinski definition) is 4. The van der Waals surface area contributed by atoms with Crippen LogP contribution in [0.2, 0.25) is 5.15 Å². The highest BCUT2D eigenvalue weighted by Gasteiger charge is 2.17. The van der Waals surface area contributed by atoms with E-state index >= 15 is 0 Å². The monoisotopic (exact) mass is 236 g/mol. The fourth-order valence-electron chi connectivity index (χ4n) is 1.76. The van der Waals surface area contributed by atoms with Gasteiger partial charge in [-0.05, 0) is 0 Å². The van der Waals surface area contributed by atoms with Gasteiger partial charge in [-0.2, -0.15) is 0 Å². The van der Waals surface area contributed by atoms with Crippen molar-refractivity contribution in [3.8, 4) is 12.3 Å². The van der Waals surface area contributed by atoms with E-state index in [4.69, 9.17) is 18.0 Å². The molecule has 0 N–H and O–H groups in total. The molecule has 84 valence electrons. The van der Waals surface area contributed by atoms with E-state index in [-0.39, 0.29) is 0 Å². The molecule has 2 rings (SSSR count). The molecule has 5 heteroatoms. The predicted molar refractivity (Wildman–Crippen MR) is 64.5 cm³/mol. The van der Waals surface area contributed by atoms with E-state index < -0.39 is 0 Å². The number of piperazine rings is 1. The highest BCUT2D eigenvalue weighted by atomic mass is 35.5. The Morgan fingerprint density at radius 2 is 2.06 bits per heavy atom. The number of rotatable bonds is 2. The summed E-state index contributed by atoms with van der Waals surface area (Å²) in [6.07, 6.45) is 6.77. The highest BCUT2D eigenvalue weighted by molar-refractivity contribution is 6.29. The number of hydrogen-bond donors (Lipinski definition) is 0. The molecule has 0 atom stereocenters. The van der Waals surface area contributed by atoms with Crippen LogP contribution in [-0.4, -0.2) is 47.6 Å². The topological polar surface area (TPSA) is 32.3 Å². The van der Waals surface area contributed by atoms with E-state index in [0.29, 0.717) is 5.15 Å². The summed E-state index contributed by atoms with van der Waals surface area (Å²) in [6.45, 7) is 4.50. The lowest BCUT2D eigenvalue weighted by molar-refractivity contribution is 0.287. The van der Waals surface area contributed by atoms with E-state index in [1.807, 2.05) is 0 Å². The summed E-state index contributed by atoms with van der Waals surface area (Å²) in [5.41, 5.74) is 0. The van der Waals surface area contributed by atoms with Crippen LogP contribution in [0, 0.1) is 12.3 Å². The molecule has 1 saturated heterocycles. The molecule has 1 aromatic heterocycles. The van der Waals surface area contributed by atoms with Crippen LogP contribution in [0.3, 0.4) is 0 Å². The third kappa shape index (κ3) is 2.63. The van der Waals surface area contributed by atoms with E-state index in [1.165, 1.54) is 6.33 Å². The molecule has 1 aromatic rings. The zero-order valence-electron chi connectivity index (χ0n) is 8.93. The molecule has 0 spiro atoms. The van der Waals surface area contributed by atoms with Crippen LogP contribution < -0.4 is 4.90 Å². The van der Waals surface area contributed by atoms with Crippen LogP contribution in [0.5, 0.6) is 0 Å². The molecule has 16 heavy (non-hydrogen) atoms. The average Bonchev–Trinajstić information content (AvgIpc) is 2.30. The molecule has 1 aliphatic heterocycles. The molecule has 4 nitrogen and oxygen atoms in total. The van der Waals surface area contributed by atoms with Crippen LogP contribution >= 0.6 is 11.6 Å². The third-order valence-electron chi connectivity index (χ3n) is 2.63. The molecule has 1 fully saturated rings. The molecule has 0 radical (unpaired) electrons. The van der Waals surface area contributed by atoms with E-state index in [0.717, 1.165) is 38.5 Å². The van der Waals surface area contributed by atoms with Gasteiger partial charge >= 0.3 is 0 Å². The molecule has 0 aliphatic carbocycles. The SMILES string of the molecule is C#CCN1CCN(c2cc(Cl)ncn2)CC1. The molecular weight excluding hydrogens is 224 g/mol. The zero-order chi connectivity index (χ0) is 11.4. The van der Waals surface area contributed by atoms with Crippen molar-refractivity contribution in [3.63, 3.8) is 0 Å². The van der Waals surface area contributed by atoms with E-state index in [2.05, 4.69) is 25.7 Å². The Hall–Kier alpha value is -1.31.